The lowest BCUT2D eigenvalue weighted by molar-refractivity contribution is -0.136. The van der Waals surface area contributed by atoms with Crippen molar-refractivity contribution >= 4 is 5.69 Å². The molecule has 86 valence electrons. The van der Waals surface area contributed by atoms with Gasteiger partial charge >= 0.3 is 6.18 Å². The van der Waals surface area contributed by atoms with Crippen molar-refractivity contribution in [1.29, 1.82) is 5.26 Å². The summed E-state index contributed by atoms with van der Waals surface area (Å²) in [6.07, 6.45) is -3.76. The Morgan fingerprint density at radius 1 is 1.56 bits per heavy atom. The fourth-order valence-corrected chi connectivity index (χ4v) is 1.27. The highest BCUT2D eigenvalue weighted by Crippen LogP contribution is 2.23. The van der Waals surface area contributed by atoms with Crippen LogP contribution in [0.25, 0.3) is 0 Å². The van der Waals surface area contributed by atoms with Crippen molar-refractivity contribution in [3.8, 4) is 6.07 Å². The van der Waals surface area contributed by atoms with Crippen LogP contribution in [-0.2, 0) is 0 Å². The molecule has 0 saturated carbocycles. The van der Waals surface area contributed by atoms with Gasteiger partial charge in [-0.05, 0) is 19.1 Å². The fraction of sp³-hybridized carbons (Fsp3) is 0.400. The standard InChI is InChI=1S/C10H10F3N3/c1-7(5-10(11,12)13)16-8-3-2-4-15-9(8)6-14/h2-4,7,16H,5H2,1H3. The summed E-state index contributed by atoms with van der Waals surface area (Å²) in [7, 11) is 0. The van der Waals surface area contributed by atoms with Gasteiger partial charge in [-0.15, -0.1) is 0 Å². The summed E-state index contributed by atoms with van der Waals surface area (Å²) in [5, 5.41) is 11.3. The third-order valence-electron chi connectivity index (χ3n) is 1.85. The number of rotatable bonds is 3. The number of halogens is 3. The van der Waals surface area contributed by atoms with Gasteiger partial charge in [-0.1, -0.05) is 0 Å². The van der Waals surface area contributed by atoms with Crippen LogP contribution in [0, 0.1) is 11.3 Å². The van der Waals surface area contributed by atoms with Gasteiger partial charge in [-0.25, -0.2) is 4.98 Å². The number of nitrogens with one attached hydrogen (secondary N) is 1. The Morgan fingerprint density at radius 2 is 2.25 bits per heavy atom. The number of nitrogens with zero attached hydrogens (tertiary/aromatic N) is 2. The second-order valence-corrected chi connectivity index (χ2v) is 3.38. The lowest BCUT2D eigenvalue weighted by Gasteiger charge is -2.17. The first kappa shape index (κ1) is 12.3. The van der Waals surface area contributed by atoms with E-state index in [1.165, 1.54) is 19.2 Å². The smallest absolute Gasteiger partial charge is 0.380 e. The molecule has 0 spiro atoms. The van der Waals surface area contributed by atoms with Crippen molar-refractivity contribution in [2.45, 2.75) is 25.6 Å². The minimum atomic E-state index is -4.22. The number of hydrogen-bond acceptors (Lipinski definition) is 3. The lowest BCUT2D eigenvalue weighted by atomic mass is 10.2. The van der Waals surface area contributed by atoms with Crippen molar-refractivity contribution in [2.75, 3.05) is 5.32 Å². The molecule has 1 heterocycles. The molecule has 0 fully saturated rings. The van der Waals surface area contributed by atoms with E-state index in [1.807, 2.05) is 6.07 Å². The van der Waals surface area contributed by atoms with Crippen molar-refractivity contribution in [3.05, 3.63) is 24.0 Å². The lowest BCUT2D eigenvalue weighted by Crippen LogP contribution is -2.24. The molecule has 0 aliphatic rings. The van der Waals surface area contributed by atoms with Crippen molar-refractivity contribution in [3.63, 3.8) is 0 Å². The molecule has 6 heteroatoms. The van der Waals surface area contributed by atoms with E-state index in [2.05, 4.69) is 10.3 Å². The highest BCUT2D eigenvalue weighted by Gasteiger charge is 2.30. The molecule has 1 aromatic heterocycles. The van der Waals surface area contributed by atoms with Gasteiger partial charge in [0.15, 0.2) is 5.69 Å². The average molecular weight is 229 g/mol. The quantitative estimate of drug-likeness (QED) is 0.866. The molecular formula is C10H10F3N3. The first-order chi connectivity index (χ1) is 7.42. The molecule has 3 nitrogen and oxygen atoms in total. The summed E-state index contributed by atoms with van der Waals surface area (Å²) in [5.74, 6) is 0. The molecule has 16 heavy (non-hydrogen) atoms. The Hall–Kier alpha value is -1.77. The van der Waals surface area contributed by atoms with Crippen molar-refractivity contribution in [1.82, 2.24) is 4.98 Å². The van der Waals surface area contributed by atoms with E-state index in [9.17, 15) is 13.2 Å². The molecule has 0 bridgehead atoms. The van der Waals surface area contributed by atoms with Crippen LogP contribution < -0.4 is 5.32 Å². The molecule has 1 unspecified atom stereocenters. The molecule has 1 rings (SSSR count). The average Bonchev–Trinajstić information content (AvgIpc) is 2.15. The number of anilines is 1. The van der Waals surface area contributed by atoms with Crippen LogP contribution in [0.5, 0.6) is 0 Å². The van der Waals surface area contributed by atoms with Crippen LogP contribution in [0.4, 0.5) is 18.9 Å². The van der Waals surface area contributed by atoms with Crippen LogP contribution in [-0.4, -0.2) is 17.2 Å². The van der Waals surface area contributed by atoms with E-state index in [0.717, 1.165) is 0 Å². The largest absolute Gasteiger partial charge is 0.391 e. The molecule has 0 aromatic carbocycles. The molecule has 1 atom stereocenters. The summed E-state index contributed by atoms with van der Waals surface area (Å²) in [6, 6.07) is 4.10. The number of aromatic nitrogens is 1. The van der Waals surface area contributed by atoms with Gasteiger partial charge in [-0.2, -0.15) is 18.4 Å². The molecule has 0 aliphatic heterocycles. The number of alkyl halides is 3. The van der Waals surface area contributed by atoms with Gasteiger partial charge in [0.1, 0.15) is 6.07 Å². The molecule has 0 radical (unpaired) electrons. The first-order valence-corrected chi connectivity index (χ1v) is 4.61. The summed E-state index contributed by atoms with van der Waals surface area (Å²) < 4.78 is 36.2. The molecule has 0 amide bonds. The Morgan fingerprint density at radius 3 is 2.81 bits per heavy atom. The minimum Gasteiger partial charge on any atom is -0.380 e. The van der Waals surface area contributed by atoms with E-state index in [0.29, 0.717) is 5.69 Å². The third-order valence-corrected chi connectivity index (χ3v) is 1.85. The van der Waals surface area contributed by atoms with Gasteiger partial charge in [0.05, 0.1) is 12.1 Å². The minimum absolute atomic E-state index is 0.0940. The number of nitriles is 1. The van der Waals surface area contributed by atoms with Crippen LogP contribution in [0.15, 0.2) is 18.3 Å². The zero-order valence-corrected chi connectivity index (χ0v) is 8.54. The van der Waals surface area contributed by atoms with E-state index in [4.69, 9.17) is 5.26 Å². The van der Waals surface area contributed by atoms with E-state index >= 15 is 0 Å². The van der Waals surface area contributed by atoms with Crippen LogP contribution in [0.3, 0.4) is 0 Å². The Kier molecular flexibility index (Phi) is 3.72. The van der Waals surface area contributed by atoms with Gasteiger partial charge in [0.2, 0.25) is 0 Å². The normalized spacial score (nSPS) is 12.9. The van der Waals surface area contributed by atoms with E-state index in [1.54, 1.807) is 6.07 Å². The third kappa shape index (κ3) is 3.77. The zero-order valence-electron chi connectivity index (χ0n) is 8.54. The van der Waals surface area contributed by atoms with E-state index in [-0.39, 0.29) is 5.69 Å². The molecule has 0 saturated heterocycles. The van der Waals surface area contributed by atoms with Gasteiger partial charge < -0.3 is 5.32 Å². The van der Waals surface area contributed by atoms with Crippen LogP contribution in [0.2, 0.25) is 0 Å². The SMILES string of the molecule is CC(CC(F)(F)F)Nc1cccnc1C#N. The Balaban J connectivity index is 2.70. The van der Waals surface area contributed by atoms with Crippen molar-refractivity contribution in [2.24, 2.45) is 0 Å². The summed E-state index contributed by atoms with van der Waals surface area (Å²) in [4.78, 5) is 3.74. The molecule has 1 N–H and O–H groups in total. The van der Waals surface area contributed by atoms with Gasteiger partial charge in [-0.3, -0.25) is 0 Å². The van der Waals surface area contributed by atoms with E-state index < -0.39 is 18.6 Å². The summed E-state index contributed by atoms with van der Waals surface area (Å²) in [5.41, 5.74) is 0.415. The zero-order chi connectivity index (χ0) is 12.2. The molecular weight excluding hydrogens is 219 g/mol. The molecule has 1 aromatic rings. The second-order valence-electron chi connectivity index (χ2n) is 3.38. The van der Waals surface area contributed by atoms with Crippen LogP contribution in [0.1, 0.15) is 19.0 Å². The Bertz CT molecular complexity index is 395. The number of hydrogen-bond donors (Lipinski definition) is 1. The van der Waals surface area contributed by atoms with Gasteiger partial charge in [0.25, 0.3) is 0 Å². The summed E-state index contributed by atoms with van der Waals surface area (Å²) in [6.45, 7) is 1.40. The molecule has 0 aliphatic carbocycles. The van der Waals surface area contributed by atoms with Crippen molar-refractivity contribution < 1.29 is 13.2 Å². The first-order valence-electron chi connectivity index (χ1n) is 4.61. The maximum atomic E-state index is 12.1. The highest BCUT2D eigenvalue weighted by atomic mass is 19.4. The maximum Gasteiger partial charge on any atom is 0.391 e. The van der Waals surface area contributed by atoms with Gasteiger partial charge in [0, 0.05) is 12.2 Å². The predicted molar refractivity (Wildman–Crippen MR) is 52.7 cm³/mol. The maximum absolute atomic E-state index is 12.1. The fourth-order valence-electron chi connectivity index (χ4n) is 1.27. The summed E-state index contributed by atoms with van der Waals surface area (Å²) >= 11 is 0. The topological polar surface area (TPSA) is 48.7 Å². The number of pyridine rings is 1. The predicted octanol–water partition coefficient (Wildman–Crippen LogP) is 2.71. The Labute approximate surface area is 90.9 Å². The van der Waals surface area contributed by atoms with Crippen LogP contribution >= 0.6 is 0 Å². The second kappa shape index (κ2) is 4.84. The monoisotopic (exact) mass is 229 g/mol. The highest BCUT2D eigenvalue weighted by molar-refractivity contribution is 5.53.